The Morgan fingerprint density at radius 2 is 2.19 bits per heavy atom. The number of rotatable bonds is 6. The van der Waals surface area contributed by atoms with Crippen molar-refractivity contribution in [2.75, 3.05) is 6.61 Å². The van der Waals surface area contributed by atoms with Gasteiger partial charge in [0.25, 0.3) is 0 Å². The first-order valence-electron chi connectivity index (χ1n) is 6.62. The smallest absolute Gasteiger partial charge is 0.341 e. The number of nitrogens with zero attached hydrogens (tertiary/aromatic N) is 2. The number of esters is 1. The standard InChI is InChI=1S/C15H17ClN2O3/c1-3-21-15(19)13-8-17-18(2)14(13)10-20-9-11-5-4-6-12(16)7-11/h4-8H,3,9-10H2,1-2H3. The van der Waals surface area contributed by atoms with Crippen molar-refractivity contribution in [2.45, 2.75) is 20.1 Å². The minimum atomic E-state index is -0.382. The van der Waals surface area contributed by atoms with Crippen LogP contribution in [0.2, 0.25) is 5.02 Å². The van der Waals surface area contributed by atoms with E-state index in [4.69, 9.17) is 21.1 Å². The summed E-state index contributed by atoms with van der Waals surface area (Å²) in [5, 5.41) is 4.74. The van der Waals surface area contributed by atoms with Gasteiger partial charge in [0, 0.05) is 12.1 Å². The average Bonchev–Trinajstić information content (AvgIpc) is 2.81. The van der Waals surface area contributed by atoms with Crippen LogP contribution in [-0.2, 0) is 29.7 Å². The van der Waals surface area contributed by atoms with E-state index in [1.807, 2.05) is 24.3 Å². The maximum atomic E-state index is 11.8. The third-order valence-corrected chi connectivity index (χ3v) is 3.19. The molecule has 0 amide bonds. The van der Waals surface area contributed by atoms with Crippen LogP contribution in [-0.4, -0.2) is 22.4 Å². The molecule has 0 saturated carbocycles. The fourth-order valence-electron chi connectivity index (χ4n) is 1.91. The Hall–Kier alpha value is -1.85. The van der Waals surface area contributed by atoms with Gasteiger partial charge in [0.1, 0.15) is 5.56 Å². The SMILES string of the molecule is CCOC(=O)c1cnn(C)c1COCc1cccc(Cl)c1. The quantitative estimate of drug-likeness (QED) is 0.770. The van der Waals surface area contributed by atoms with Crippen molar-refractivity contribution in [1.82, 2.24) is 9.78 Å². The number of aryl methyl sites for hydroxylation is 1. The molecule has 6 heteroatoms. The summed E-state index contributed by atoms with van der Waals surface area (Å²) in [5.41, 5.74) is 2.10. The maximum Gasteiger partial charge on any atom is 0.341 e. The molecule has 5 nitrogen and oxygen atoms in total. The van der Waals surface area contributed by atoms with E-state index in [0.29, 0.717) is 29.5 Å². The van der Waals surface area contributed by atoms with Crippen molar-refractivity contribution in [3.8, 4) is 0 Å². The minimum Gasteiger partial charge on any atom is -0.462 e. The zero-order valence-electron chi connectivity index (χ0n) is 12.0. The maximum absolute atomic E-state index is 11.8. The molecule has 0 bridgehead atoms. The first-order chi connectivity index (χ1) is 10.1. The van der Waals surface area contributed by atoms with Crippen LogP contribution in [0.3, 0.4) is 0 Å². The average molecular weight is 309 g/mol. The molecule has 112 valence electrons. The summed E-state index contributed by atoms with van der Waals surface area (Å²) in [4.78, 5) is 11.8. The van der Waals surface area contributed by atoms with Gasteiger partial charge in [0.15, 0.2) is 0 Å². The Morgan fingerprint density at radius 3 is 2.90 bits per heavy atom. The highest BCUT2D eigenvalue weighted by Gasteiger charge is 2.17. The number of aromatic nitrogens is 2. The molecule has 0 N–H and O–H groups in total. The van der Waals surface area contributed by atoms with Crippen molar-refractivity contribution >= 4 is 17.6 Å². The van der Waals surface area contributed by atoms with Crippen LogP contribution in [0.1, 0.15) is 28.5 Å². The highest BCUT2D eigenvalue weighted by Crippen LogP contribution is 2.14. The Balaban J connectivity index is 2.00. The van der Waals surface area contributed by atoms with E-state index in [1.165, 1.54) is 6.20 Å². The minimum absolute atomic E-state index is 0.275. The van der Waals surface area contributed by atoms with E-state index in [-0.39, 0.29) is 12.6 Å². The monoisotopic (exact) mass is 308 g/mol. The van der Waals surface area contributed by atoms with Gasteiger partial charge in [-0.05, 0) is 24.6 Å². The number of hydrogen-bond donors (Lipinski definition) is 0. The van der Waals surface area contributed by atoms with Crippen molar-refractivity contribution < 1.29 is 14.3 Å². The van der Waals surface area contributed by atoms with E-state index in [9.17, 15) is 4.79 Å². The van der Waals surface area contributed by atoms with E-state index >= 15 is 0 Å². The number of carbonyl (C=O) groups is 1. The Kier molecular flexibility index (Phi) is 5.36. The second-order valence-corrected chi connectivity index (χ2v) is 4.91. The molecule has 21 heavy (non-hydrogen) atoms. The summed E-state index contributed by atoms with van der Waals surface area (Å²) in [6.45, 7) is 2.78. The Labute approximate surface area is 128 Å². The lowest BCUT2D eigenvalue weighted by Crippen LogP contribution is -2.10. The van der Waals surface area contributed by atoms with Gasteiger partial charge in [-0.1, -0.05) is 23.7 Å². The fraction of sp³-hybridized carbons (Fsp3) is 0.333. The van der Waals surface area contributed by atoms with Crippen LogP contribution in [0, 0.1) is 0 Å². The zero-order chi connectivity index (χ0) is 15.2. The second kappa shape index (κ2) is 7.24. The lowest BCUT2D eigenvalue weighted by molar-refractivity contribution is 0.0515. The molecule has 0 aliphatic carbocycles. The first kappa shape index (κ1) is 15.5. The third-order valence-electron chi connectivity index (χ3n) is 2.95. The van der Waals surface area contributed by atoms with Crippen LogP contribution < -0.4 is 0 Å². The van der Waals surface area contributed by atoms with Crippen LogP contribution >= 0.6 is 11.6 Å². The van der Waals surface area contributed by atoms with Gasteiger partial charge < -0.3 is 9.47 Å². The summed E-state index contributed by atoms with van der Waals surface area (Å²) < 4.78 is 12.3. The molecule has 0 aliphatic heterocycles. The van der Waals surface area contributed by atoms with Gasteiger partial charge in [-0.25, -0.2) is 4.79 Å². The van der Waals surface area contributed by atoms with Gasteiger partial charge in [0.05, 0.1) is 31.7 Å². The molecule has 1 heterocycles. The highest BCUT2D eigenvalue weighted by atomic mass is 35.5. The molecule has 2 rings (SSSR count). The van der Waals surface area contributed by atoms with E-state index in [2.05, 4.69) is 5.10 Å². The molecule has 0 saturated heterocycles. The number of halogens is 1. The van der Waals surface area contributed by atoms with Crippen molar-refractivity contribution in [2.24, 2.45) is 7.05 Å². The molecule has 0 unspecified atom stereocenters. The molecule has 0 spiro atoms. The van der Waals surface area contributed by atoms with Crippen LogP contribution in [0.4, 0.5) is 0 Å². The van der Waals surface area contributed by atoms with Crippen LogP contribution in [0.15, 0.2) is 30.5 Å². The van der Waals surface area contributed by atoms with Gasteiger partial charge in [-0.15, -0.1) is 0 Å². The molecule has 0 aliphatic rings. The van der Waals surface area contributed by atoms with Crippen molar-refractivity contribution in [3.63, 3.8) is 0 Å². The second-order valence-electron chi connectivity index (χ2n) is 4.47. The van der Waals surface area contributed by atoms with Crippen LogP contribution in [0.5, 0.6) is 0 Å². The number of hydrogen-bond acceptors (Lipinski definition) is 4. The summed E-state index contributed by atoms with van der Waals surface area (Å²) in [6, 6.07) is 7.46. The molecule has 0 atom stereocenters. The van der Waals surface area contributed by atoms with Gasteiger partial charge >= 0.3 is 5.97 Å². The predicted molar refractivity (Wildman–Crippen MR) is 79.1 cm³/mol. The summed E-state index contributed by atoms with van der Waals surface area (Å²) in [5.74, 6) is -0.382. The molecular formula is C15H17ClN2O3. The molecule has 0 fully saturated rings. The molecular weight excluding hydrogens is 292 g/mol. The predicted octanol–water partition coefficient (Wildman–Crippen LogP) is 2.97. The molecule has 1 aromatic heterocycles. The molecule has 2 aromatic rings. The lowest BCUT2D eigenvalue weighted by atomic mass is 10.2. The topological polar surface area (TPSA) is 53.3 Å². The number of carbonyl (C=O) groups excluding carboxylic acids is 1. The van der Waals surface area contributed by atoms with E-state index in [0.717, 1.165) is 5.56 Å². The lowest BCUT2D eigenvalue weighted by Gasteiger charge is -2.08. The normalized spacial score (nSPS) is 10.6. The van der Waals surface area contributed by atoms with Crippen molar-refractivity contribution in [1.29, 1.82) is 0 Å². The Morgan fingerprint density at radius 1 is 1.38 bits per heavy atom. The highest BCUT2D eigenvalue weighted by molar-refractivity contribution is 6.30. The van der Waals surface area contributed by atoms with E-state index in [1.54, 1.807) is 18.7 Å². The summed E-state index contributed by atoms with van der Waals surface area (Å²) >= 11 is 5.92. The summed E-state index contributed by atoms with van der Waals surface area (Å²) in [6.07, 6.45) is 1.50. The van der Waals surface area contributed by atoms with Crippen molar-refractivity contribution in [3.05, 3.63) is 52.3 Å². The fourth-order valence-corrected chi connectivity index (χ4v) is 2.12. The van der Waals surface area contributed by atoms with Crippen LogP contribution in [0.25, 0.3) is 0 Å². The molecule has 1 aromatic carbocycles. The van der Waals surface area contributed by atoms with Gasteiger partial charge in [-0.2, -0.15) is 5.10 Å². The largest absolute Gasteiger partial charge is 0.462 e. The van der Waals surface area contributed by atoms with Gasteiger partial charge in [0.2, 0.25) is 0 Å². The third kappa shape index (κ3) is 4.06. The van der Waals surface area contributed by atoms with E-state index < -0.39 is 0 Å². The Bertz CT molecular complexity index is 625. The molecule has 0 radical (unpaired) electrons. The number of benzene rings is 1. The zero-order valence-corrected chi connectivity index (χ0v) is 12.8. The van der Waals surface area contributed by atoms with Gasteiger partial charge in [-0.3, -0.25) is 4.68 Å². The summed E-state index contributed by atoms with van der Waals surface area (Å²) in [7, 11) is 1.76. The first-order valence-corrected chi connectivity index (χ1v) is 6.99. The number of ether oxygens (including phenoxy) is 2.